The van der Waals surface area contributed by atoms with Gasteiger partial charge in [0.25, 0.3) is 10.0 Å². The second-order valence-corrected chi connectivity index (χ2v) is 7.26. The van der Waals surface area contributed by atoms with E-state index >= 15 is 0 Å². The van der Waals surface area contributed by atoms with Crippen LogP contribution < -0.4 is 9.04 Å². The molecule has 0 fully saturated rings. The van der Waals surface area contributed by atoms with Crippen molar-refractivity contribution in [3.8, 4) is 5.75 Å². The van der Waals surface area contributed by atoms with Gasteiger partial charge < -0.3 is 9.53 Å². The average Bonchev–Trinajstić information content (AvgIpc) is 2.59. The number of hydrogen-bond donors (Lipinski definition) is 0. The van der Waals surface area contributed by atoms with Crippen LogP contribution in [-0.4, -0.2) is 27.9 Å². The highest BCUT2D eigenvalue weighted by Gasteiger charge is 2.24. The molecular formula is C18H21NO4S. The molecule has 6 heteroatoms. The van der Waals surface area contributed by atoms with Gasteiger partial charge in [0.2, 0.25) is 0 Å². The lowest BCUT2D eigenvalue weighted by atomic mass is 10.2. The Morgan fingerprint density at radius 3 is 2.21 bits per heavy atom. The summed E-state index contributed by atoms with van der Waals surface area (Å²) in [6.07, 6.45) is 0.821. The fraction of sp³-hybridized carbons (Fsp3) is 0.278. The molecular weight excluding hydrogens is 326 g/mol. The Kier molecular flexibility index (Phi) is 5.98. The van der Waals surface area contributed by atoms with Crippen LogP contribution in [0.1, 0.15) is 19.8 Å². The molecule has 0 heterocycles. The number of ether oxygens (including phenoxy) is 1. The van der Waals surface area contributed by atoms with Gasteiger partial charge >= 0.3 is 0 Å². The molecule has 5 nitrogen and oxygen atoms in total. The van der Waals surface area contributed by atoms with Crippen molar-refractivity contribution in [2.24, 2.45) is 0 Å². The van der Waals surface area contributed by atoms with Crippen molar-refractivity contribution in [3.63, 3.8) is 0 Å². The minimum Gasteiger partial charge on any atom is -0.497 e. The van der Waals surface area contributed by atoms with Crippen molar-refractivity contribution in [1.82, 2.24) is 0 Å². The number of anilines is 1. The quantitative estimate of drug-likeness (QED) is 0.735. The molecule has 0 amide bonds. The number of sulfonamides is 1. The number of Topliss-reactive ketones (excluding diaryl/α,β-unsaturated/α-hetero) is 1. The first-order valence-electron chi connectivity index (χ1n) is 7.66. The molecule has 0 aliphatic heterocycles. The molecule has 128 valence electrons. The van der Waals surface area contributed by atoms with Crippen LogP contribution >= 0.6 is 0 Å². The van der Waals surface area contributed by atoms with Crippen LogP contribution in [0.5, 0.6) is 5.75 Å². The SMILES string of the molecule is COc1ccc(S(=O)(=O)N(CCCC(C)=O)c2ccccc2)cc1. The standard InChI is InChI=1S/C18H21NO4S/c1-15(20)7-6-14-19(16-8-4-3-5-9-16)24(21,22)18-12-10-17(23-2)11-13-18/h3-5,8-13H,6-7,14H2,1-2H3. The lowest BCUT2D eigenvalue weighted by Gasteiger charge is -2.24. The predicted molar refractivity (Wildman–Crippen MR) is 93.9 cm³/mol. The largest absolute Gasteiger partial charge is 0.497 e. The molecule has 0 bridgehead atoms. The number of para-hydroxylation sites is 1. The first-order valence-corrected chi connectivity index (χ1v) is 9.10. The smallest absolute Gasteiger partial charge is 0.264 e. The third kappa shape index (κ3) is 4.35. The van der Waals surface area contributed by atoms with Gasteiger partial charge in [0.05, 0.1) is 17.7 Å². The van der Waals surface area contributed by atoms with E-state index in [2.05, 4.69) is 0 Å². The zero-order valence-electron chi connectivity index (χ0n) is 13.8. The van der Waals surface area contributed by atoms with Crippen molar-refractivity contribution < 1.29 is 17.9 Å². The van der Waals surface area contributed by atoms with Gasteiger partial charge in [-0.25, -0.2) is 8.42 Å². The molecule has 0 atom stereocenters. The van der Waals surface area contributed by atoms with Crippen LogP contribution in [0.25, 0.3) is 0 Å². The zero-order chi connectivity index (χ0) is 17.6. The molecule has 0 aliphatic carbocycles. The first kappa shape index (κ1) is 18.0. The Hall–Kier alpha value is -2.34. The molecule has 24 heavy (non-hydrogen) atoms. The maximum absolute atomic E-state index is 13.0. The summed E-state index contributed by atoms with van der Waals surface area (Å²) in [6.45, 7) is 1.75. The van der Waals surface area contributed by atoms with Crippen LogP contribution in [0.4, 0.5) is 5.69 Å². The van der Waals surface area contributed by atoms with Gasteiger partial charge in [-0.3, -0.25) is 4.31 Å². The summed E-state index contributed by atoms with van der Waals surface area (Å²) in [7, 11) is -2.18. The van der Waals surface area contributed by atoms with E-state index in [-0.39, 0.29) is 17.2 Å². The predicted octanol–water partition coefficient (Wildman–Crippen LogP) is 3.26. The zero-order valence-corrected chi connectivity index (χ0v) is 14.6. The highest BCUT2D eigenvalue weighted by molar-refractivity contribution is 7.92. The molecule has 0 N–H and O–H groups in total. The third-order valence-electron chi connectivity index (χ3n) is 3.58. The van der Waals surface area contributed by atoms with E-state index in [1.54, 1.807) is 36.4 Å². The van der Waals surface area contributed by atoms with Crippen LogP contribution in [0.15, 0.2) is 59.5 Å². The summed E-state index contributed by atoms with van der Waals surface area (Å²) in [6, 6.07) is 15.2. The minimum atomic E-state index is -3.71. The summed E-state index contributed by atoms with van der Waals surface area (Å²) < 4.78 is 32.4. The number of nitrogens with zero attached hydrogens (tertiary/aromatic N) is 1. The fourth-order valence-corrected chi connectivity index (χ4v) is 3.83. The number of carbonyl (C=O) groups excluding carboxylic acids is 1. The lowest BCUT2D eigenvalue weighted by molar-refractivity contribution is -0.117. The summed E-state index contributed by atoms with van der Waals surface area (Å²) in [5, 5.41) is 0. The van der Waals surface area contributed by atoms with Crippen LogP contribution in [-0.2, 0) is 14.8 Å². The van der Waals surface area contributed by atoms with Gasteiger partial charge in [0.15, 0.2) is 0 Å². The topological polar surface area (TPSA) is 63.7 Å². The number of rotatable bonds is 8. The second kappa shape index (κ2) is 7.97. The number of benzene rings is 2. The van der Waals surface area contributed by atoms with Crippen molar-refractivity contribution >= 4 is 21.5 Å². The van der Waals surface area contributed by atoms with E-state index in [1.807, 2.05) is 6.07 Å². The molecule has 2 aromatic rings. The van der Waals surface area contributed by atoms with E-state index in [0.717, 1.165) is 0 Å². The average molecular weight is 347 g/mol. The molecule has 0 unspecified atom stereocenters. The number of methoxy groups -OCH3 is 1. The Balaban J connectivity index is 2.34. The maximum atomic E-state index is 13.0. The molecule has 0 aromatic heterocycles. The Bertz CT molecular complexity index is 770. The lowest BCUT2D eigenvalue weighted by Crippen LogP contribution is -2.32. The van der Waals surface area contributed by atoms with Crippen molar-refractivity contribution in [3.05, 3.63) is 54.6 Å². The molecule has 0 spiro atoms. The van der Waals surface area contributed by atoms with E-state index in [1.165, 1.54) is 30.5 Å². The molecule has 0 aliphatic rings. The Morgan fingerprint density at radius 2 is 1.67 bits per heavy atom. The molecule has 2 aromatic carbocycles. The van der Waals surface area contributed by atoms with Gasteiger partial charge in [-0.2, -0.15) is 0 Å². The number of ketones is 1. The summed E-state index contributed by atoms with van der Waals surface area (Å²) >= 11 is 0. The van der Waals surface area contributed by atoms with Crippen molar-refractivity contribution in [2.45, 2.75) is 24.7 Å². The fourth-order valence-electron chi connectivity index (χ4n) is 2.33. The van der Waals surface area contributed by atoms with Gasteiger partial charge in [0, 0.05) is 13.0 Å². The van der Waals surface area contributed by atoms with E-state index < -0.39 is 10.0 Å². The molecule has 2 rings (SSSR count). The van der Waals surface area contributed by atoms with Gasteiger partial charge in [-0.05, 0) is 49.7 Å². The highest BCUT2D eigenvalue weighted by Crippen LogP contribution is 2.25. The minimum absolute atomic E-state index is 0.0462. The normalized spacial score (nSPS) is 11.1. The van der Waals surface area contributed by atoms with Gasteiger partial charge in [-0.1, -0.05) is 18.2 Å². The third-order valence-corrected chi connectivity index (χ3v) is 5.42. The van der Waals surface area contributed by atoms with Crippen molar-refractivity contribution in [2.75, 3.05) is 18.0 Å². The first-order chi connectivity index (χ1) is 11.4. The van der Waals surface area contributed by atoms with Gasteiger partial charge in [0.1, 0.15) is 11.5 Å². The van der Waals surface area contributed by atoms with Gasteiger partial charge in [-0.15, -0.1) is 0 Å². The van der Waals surface area contributed by atoms with Crippen LogP contribution in [0, 0.1) is 0 Å². The number of hydrogen-bond acceptors (Lipinski definition) is 4. The molecule has 0 saturated carbocycles. The Labute approximate surface area is 142 Å². The van der Waals surface area contributed by atoms with E-state index in [0.29, 0.717) is 24.3 Å². The van der Waals surface area contributed by atoms with Crippen LogP contribution in [0.2, 0.25) is 0 Å². The van der Waals surface area contributed by atoms with E-state index in [4.69, 9.17) is 4.74 Å². The molecule has 0 saturated heterocycles. The van der Waals surface area contributed by atoms with E-state index in [9.17, 15) is 13.2 Å². The molecule has 0 radical (unpaired) electrons. The van der Waals surface area contributed by atoms with Crippen LogP contribution in [0.3, 0.4) is 0 Å². The van der Waals surface area contributed by atoms with Crippen molar-refractivity contribution in [1.29, 1.82) is 0 Å². The maximum Gasteiger partial charge on any atom is 0.264 e. The number of carbonyl (C=O) groups is 1. The Morgan fingerprint density at radius 1 is 1.04 bits per heavy atom. The monoisotopic (exact) mass is 347 g/mol. The second-order valence-electron chi connectivity index (χ2n) is 5.39. The summed E-state index contributed by atoms with van der Waals surface area (Å²) in [4.78, 5) is 11.4. The summed E-state index contributed by atoms with van der Waals surface area (Å²) in [5.41, 5.74) is 0.580. The summed E-state index contributed by atoms with van der Waals surface area (Å²) in [5.74, 6) is 0.640. The highest BCUT2D eigenvalue weighted by atomic mass is 32.2.